The molecule has 174 valence electrons. The van der Waals surface area contributed by atoms with E-state index in [1.54, 1.807) is 0 Å². The number of hydrogen-bond donors (Lipinski definition) is 1. The summed E-state index contributed by atoms with van der Waals surface area (Å²) in [6.45, 7) is 24.8. The van der Waals surface area contributed by atoms with Gasteiger partial charge in [-0.25, -0.2) is 0 Å². The SMILES string of the molecule is CC(C)[C@H]1[C@@H]2OC(C)(C)O[C@@H]2C2=C[C@H](O[Si](C)(C)C(C)(C)C)[C@@](C)(CO)CC[C@@]21C. The van der Waals surface area contributed by atoms with Gasteiger partial charge in [0, 0.05) is 5.41 Å². The third kappa shape index (κ3) is 3.87. The van der Waals surface area contributed by atoms with Crippen molar-refractivity contribution in [2.24, 2.45) is 22.7 Å². The molecule has 2 aliphatic carbocycles. The lowest BCUT2D eigenvalue weighted by molar-refractivity contribution is -0.162. The Hall–Kier alpha value is -0.203. The van der Waals surface area contributed by atoms with E-state index in [4.69, 9.17) is 13.9 Å². The van der Waals surface area contributed by atoms with Gasteiger partial charge >= 0.3 is 0 Å². The highest BCUT2D eigenvalue weighted by molar-refractivity contribution is 6.74. The van der Waals surface area contributed by atoms with Gasteiger partial charge in [0.2, 0.25) is 0 Å². The molecule has 0 unspecified atom stereocenters. The van der Waals surface area contributed by atoms with Gasteiger partial charge in [-0.2, -0.15) is 0 Å². The molecule has 6 atom stereocenters. The zero-order valence-electron chi connectivity index (χ0n) is 21.3. The van der Waals surface area contributed by atoms with Gasteiger partial charge in [0.15, 0.2) is 14.1 Å². The van der Waals surface area contributed by atoms with E-state index >= 15 is 0 Å². The highest BCUT2D eigenvalue weighted by Crippen LogP contribution is 2.61. The van der Waals surface area contributed by atoms with Crippen molar-refractivity contribution in [2.45, 2.75) is 117 Å². The van der Waals surface area contributed by atoms with Crippen molar-refractivity contribution in [3.8, 4) is 0 Å². The number of aliphatic hydroxyl groups excluding tert-OH is 1. The lowest BCUT2D eigenvalue weighted by Gasteiger charge is -2.44. The maximum Gasteiger partial charge on any atom is 0.192 e. The van der Waals surface area contributed by atoms with Crippen LogP contribution in [0.1, 0.15) is 75.2 Å². The number of hydrogen-bond acceptors (Lipinski definition) is 4. The van der Waals surface area contributed by atoms with Crippen LogP contribution in [-0.2, 0) is 13.9 Å². The molecule has 0 aromatic heterocycles. The Morgan fingerprint density at radius 3 is 2.23 bits per heavy atom. The third-order valence-electron chi connectivity index (χ3n) is 8.73. The van der Waals surface area contributed by atoms with Crippen LogP contribution >= 0.6 is 0 Å². The van der Waals surface area contributed by atoms with Crippen LogP contribution in [0.3, 0.4) is 0 Å². The Morgan fingerprint density at radius 1 is 1.13 bits per heavy atom. The van der Waals surface area contributed by atoms with E-state index in [-0.39, 0.29) is 40.8 Å². The van der Waals surface area contributed by atoms with Crippen molar-refractivity contribution >= 4 is 8.32 Å². The van der Waals surface area contributed by atoms with Gasteiger partial charge in [-0.1, -0.05) is 54.5 Å². The van der Waals surface area contributed by atoms with Crippen LogP contribution in [-0.4, -0.2) is 44.1 Å². The Balaban J connectivity index is 2.10. The number of ether oxygens (including phenoxy) is 2. The first-order valence-corrected chi connectivity index (χ1v) is 14.7. The minimum absolute atomic E-state index is 0.00196. The maximum absolute atomic E-state index is 10.5. The largest absolute Gasteiger partial charge is 0.410 e. The highest BCUT2D eigenvalue weighted by atomic mass is 28.4. The molecule has 2 fully saturated rings. The molecule has 1 heterocycles. The predicted octanol–water partition coefficient (Wildman–Crippen LogP) is 5.91. The van der Waals surface area contributed by atoms with Gasteiger partial charge in [0.1, 0.15) is 6.10 Å². The number of fused-ring (bicyclic) bond motifs is 3. The van der Waals surface area contributed by atoms with Gasteiger partial charge in [-0.05, 0) is 67.6 Å². The average molecular weight is 439 g/mol. The molecule has 0 bridgehead atoms. The van der Waals surface area contributed by atoms with Crippen molar-refractivity contribution in [2.75, 3.05) is 6.61 Å². The summed E-state index contributed by atoms with van der Waals surface area (Å²) in [6.07, 6.45) is 4.27. The Kier molecular flexibility index (Phi) is 6.04. The van der Waals surface area contributed by atoms with Gasteiger partial charge < -0.3 is 19.0 Å². The summed E-state index contributed by atoms with van der Waals surface area (Å²) in [7, 11) is -2.02. The maximum atomic E-state index is 10.5. The monoisotopic (exact) mass is 438 g/mol. The van der Waals surface area contributed by atoms with Crippen molar-refractivity contribution < 1.29 is 19.0 Å². The smallest absolute Gasteiger partial charge is 0.192 e. The number of rotatable bonds is 4. The van der Waals surface area contributed by atoms with E-state index in [0.717, 1.165) is 12.8 Å². The summed E-state index contributed by atoms with van der Waals surface area (Å²) in [5, 5.41) is 10.6. The molecular formula is C25H46O4Si. The third-order valence-corrected chi connectivity index (χ3v) is 13.2. The zero-order valence-corrected chi connectivity index (χ0v) is 22.3. The standard InChI is InChI=1S/C25H46O4Si/c1-16(2)19-21-20(27-23(6,7)28-21)17-14-18(29-30(10,11)22(3,4)5)24(8,15-26)12-13-25(17,19)9/h14,16,18-21,26H,12-13,15H2,1-11H3/t18-,19-,20+,21-,24+,25-/m0/s1. The second kappa shape index (κ2) is 7.41. The van der Waals surface area contributed by atoms with Gasteiger partial charge in [0.05, 0.1) is 18.8 Å². The van der Waals surface area contributed by atoms with Crippen LogP contribution in [0.15, 0.2) is 11.6 Å². The average Bonchev–Trinajstić information content (AvgIpc) is 2.95. The molecule has 5 heteroatoms. The van der Waals surface area contributed by atoms with Crippen LogP contribution in [0, 0.1) is 22.7 Å². The molecule has 1 N–H and O–H groups in total. The first kappa shape index (κ1) is 24.4. The first-order valence-electron chi connectivity index (χ1n) is 11.8. The Morgan fingerprint density at radius 2 is 1.73 bits per heavy atom. The van der Waals surface area contributed by atoms with Crippen molar-refractivity contribution in [3.05, 3.63) is 11.6 Å². The predicted molar refractivity (Wildman–Crippen MR) is 125 cm³/mol. The lowest BCUT2D eigenvalue weighted by atomic mass is 9.68. The molecule has 3 rings (SSSR count). The quantitative estimate of drug-likeness (QED) is 0.438. The van der Waals surface area contributed by atoms with E-state index in [1.165, 1.54) is 5.57 Å². The van der Waals surface area contributed by atoms with E-state index in [1.807, 2.05) is 13.8 Å². The molecule has 0 aromatic rings. The van der Waals surface area contributed by atoms with Crippen LogP contribution in [0.25, 0.3) is 0 Å². The molecular weight excluding hydrogens is 392 g/mol. The van der Waals surface area contributed by atoms with E-state index < -0.39 is 14.1 Å². The minimum atomic E-state index is -2.02. The van der Waals surface area contributed by atoms with Crippen molar-refractivity contribution in [3.63, 3.8) is 0 Å². The number of aliphatic hydroxyl groups is 1. The summed E-state index contributed by atoms with van der Waals surface area (Å²) < 4.78 is 19.9. The van der Waals surface area contributed by atoms with Crippen LogP contribution in [0.4, 0.5) is 0 Å². The molecule has 0 amide bonds. The Bertz CT molecular complexity index is 692. The molecule has 0 radical (unpaired) electrons. The van der Waals surface area contributed by atoms with Crippen molar-refractivity contribution in [1.29, 1.82) is 0 Å². The molecule has 30 heavy (non-hydrogen) atoms. The fourth-order valence-corrected chi connectivity index (χ4v) is 7.12. The van der Waals surface area contributed by atoms with Gasteiger partial charge in [-0.3, -0.25) is 0 Å². The zero-order chi connectivity index (χ0) is 22.9. The summed E-state index contributed by atoms with van der Waals surface area (Å²) >= 11 is 0. The van der Waals surface area contributed by atoms with Crippen molar-refractivity contribution in [1.82, 2.24) is 0 Å². The minimum Gasteiger partial charge on any atom is -0.410 e. The summed E-state index contributed by atoms with van der Waals surface area (Å²) in [4.78, 5) is 0. The molecule has 1 saturated carbocycles. The van der Waals surface area contributed by atoms with Crippen LogP contribution in [0.2, 0.25) is 18.1 Å². The van der Waals surface area contributed by atoms with Gasteiger partial charge in [0.25, 0.3) is 0 Å². The molecule has 0 spiro atoms. The van der Waals surface area contributed by atoms with Crippen LogP contribution < -0.4 is 0 Å². The molecule has 1 saturated heterocycles. The second-order valence-corrected chi connectivity index (χ2v) is 17.7. The fraction of sp³-hybridized carbons (Fsp3) is 0.920. The lowest BCUT2D eigenvalue weighted by Crippen LogP contribution is -2.49. The first-order chi connectivity index (χ1) is 13.5. The summed E-state index contributed by atoms with van der Waals surface area (Å²) in [6, 6.07) is 0. The molecule has 0 aromatic carbocycles. The van der Waals surface area contributed by atoms with E-state index in [0.29, 0.717) is 11.8 Å². The molecule has 4 nitrogen and oxygen atoms in total. The second-order valence-electron chi connectivity index (χ2n) is 12.9. The van der Waals surface area contributed by atoms with Crippen LogP contribution in [0.5, 0.6) is 0 Å². The summed E-state index contributed by atoms with van der Waals surface area (Å²) in [5.41, 5.74) is 1.06. The van der Waals surface area contributed by atoms with E-state index in [9.17, 15) is 5.11 Å². The fourth-order valence-electron chi connectivity index (χ4n) is 5.77. The van der Waals surface area contributed by atoms with E-state index in [2.05, 4.69) is 67.6 Å². The molecule has 3 aliphatic rings. The van der Waals surface area contributed by atoms with Gasteiger partial charge in [-0.15, -0.1) is 0 Å². The molecule has 1 aliphatic heterocycles. The topological polar surface area (TPSA) is 47.9 Å². The summed E-state index contributed by atoms with van der Waals surface area (Å²) in [5.74, 6) is 0.321. The normalized spacial score (nSPS) is 41.4. The highest BCUT2D eigenvalue weighted by Gasteiger charge is 2.63. The Labute approximate surface area is 185 Å².